The zero-order chi connectivity index (χ0) is 21.3. The van der Waals surface area contributed by atoms with Crippen molar-refractivity contribution in [2.24, 2.45) is 7.05 Å². The number of hydrogen-bond donors (Lipinski definition) is 1. The molecule has 1 N–H and O–H groups in total. The first-order chi connectivity index (χ1) is 13.6. The van der Waals surface area contributed by atoms with Gasteiger partial charge in [0.25, 0.3) is 5.91 Å². The summed E-state index contributed by atoms with van der Waals surface area (Å²) in [5.74, 6) is -0.373. The van der Waals surface area contributed by atoms with Crippen molar-refractivity contribution in [1.82, 2.24) is 30.2 Å². The van der Waals surface area contributed by atoms with Gasteiger partial charge in [0.05, 0.1) is 5.69 Å². The molecule has 0 fully saturated rings. The third-order valence-electron chi connectivity index (χ3n) is 4.02. The number of aryl methyl sites for hydroxylation is 1. The molecule has 0 radical (unpaired) electrons. The number of carbonyl (C=O) groups is 1. The van der Waals surface area contributed by atoms with Crippen LogP contribution in [-0.4, -0.2) is 30.8 Å². The van der Waals surface area contributed by atoms with E-state index in [4.69, 9.17) is 4.52 Å². The molecule has 3 aromatic heterocycles. The van der Waals surface area contributed by atoms with Gasteiger partial charge in [-0.1, -0.05) is 11.7 Å². The molecule has 29 heavy (non-hydrogen) atoms. The van der Waals surface area contributed by atoms with Crippen molar-refractivity contribution >= 4 is 11.5 Å². The lowest BCUT2D eigenvalue weighted by Crippen LogP contribution is -2.28. The third-order valence-corrected chi connectivity index (χ3v) is 4.02. The van der Waals surface area contributed by atoms with Gasteiger partial charge in [-0.25, -0.2) is 0 Å². The van der Waals surface area contributed by atoms with Gasteiger partial charge in [0.2, 0.25) is 11.7 Å². The SMILES string of the molecule is C=C(C)c1cc(-c2noc([C@H](C)NC(=O)c3cc(C(F)(F)F)nn3C)n2)ccn1. The number of aromatic nitrogens is 5. The highest BCUT2D eigenvalue weighted by molar-refractivity contribution is 5.92. The minimum absolute atomic E-state index is 0.0975. The van der Waals surface area contributed by atoms with Crippen LogP contribution < -0.4 is 5.32 Å². The smallest absolute Gasteiger partial charge is 0.339 e. The van der Waals surface area contributed by atoms with Crippen molar-refractivity contribution < 1.29 is 22.5 Å². The van der Waals surface area contributed by atoms with E-state index in [9.17, 15) is 18.0 Å². The zero-order valence-corrected chi connectivity index (χ0v) is 15.8. The summed E-state index contributed by atoms with van der Waals surface area (Å²) >= 11 is 0. The topological polar surface area (TPSA) is 98.7 Å². The maximum atomic E-state index is 12.8. The molecule has 0 unspecified atom stereocenters. The molecule has 3 heterocycles. The average molecular weight is 406 g/mol. The van der Waals surface area contributed by atoms with E-state index in [2.05, 4.69) is 32.1 Å². The lowest BCUT2D eigenvalue weighted by molar-refractivity contribution is -0.141. The Balaban J connectivity index is 1.76. The number of halogens is 3. The molecule has 0 spiro atoms. The lowest BCUT2D eigenvalue weighted by atomic mass is 10.1. The van der Waals surface area contributed by atoms with Gasteiger partial charge in [-0.3, -0.25) is 14.5 Å². The first-order valence-electron chi connectivity index (χ1n) is 8.44. The predicted octanol–water partition coefficient (Wildman–Crippen LogP) is 3.41. The van der Waals surface area contributed by atoms with E-state index < -0.39 is 23.8 Å². The number of hydrogen-bond acceptors (Lipinski definition) is 6. The van der Waals surface area contributed by atoms with Crippen LogP contribution in [0, 0.1) is 0 Å². The Labute approximate surface area is 163 Å². The monoisotopic (exact) mass is 406 g/mol. The minimum atomic E-state index is -4.64. The van der Waals surface area contributed by atoms with Crippen LogP contribution in [0.1, 0.15) is 47.7 Å². The lowest BCUT2D eigenvalue weighted by Gasteiger charge is -2.09. The molecule has 11 heteroatoms. The summed E-state index contributed by atoms with van der Waals surface area (Å²) in [5.41, 5.74) is 0.693. The van der Waals surface area contributed by atoms with Crippen LogP contribution in [-0.2, 0) is 13.2 Å². The molecule has 0 aliphatic rings. The predicted molar refractivity (Wildman–Crippen MR) is 96.3 cm³/mol. The van der Waals surface area contributed by atoms with Crippen molar-refractivity contribution in [3.8, 4) is 11.4 Å². The Morgan fingerprint density at radius 3 is 2.69 bits per heavy atom. The number of nitrogens with one attached hydrogen (secondary N) is 1. The van der Waals surface area contributed by atoms with Crippen LogP contribution in [0.25, 0.3) is 17.0 Å². The van der Waals surface area contributed by atoms with Gasteiger partial charge in [-0.2, -0.15) is 23.3 Å². The second kappa shape index (κ2) is 7.49. The number of pyridine rings is 1. The van der Waals surface area contributed by atoms with Gasteiger partial charge >= 0.3 is 6.18 Å². The van der Waals surface area contributed by atoms with Gasteiger partial charge in [0, 0.05) is 24.9 Å². The van der Waals surface area contributed by atoms with E-state index in [1.165, 1.54) is 7.05 Å². The van der Waals surface area contributed by atoms with Crippen molar-refractivity contribution in [3.63, 3.8) is 0 Å². The van der Waals surface area contributed by atoms with E-state index in [-0.39, 0.29) is 17.4 Å². The number of rotatable bonds is 5. The number of alkyl halides is 3. The second-order valence-electron chi connectivity index (χ2n) is 6.40. The van der Waals surface area contributed by atoms with Crippen LogP contribution in [0.2, 0.25) is 0 Å². The number of allylic oxidation sites excluding steroid dienone is 1. The molecule has 0 aliphatic heterocycles. The minimum Gasteiger partial charge on any atom is -0.339 e. The second-order valence-corrected chi connectivity index (χ2v) is 6.40. The van der Waals surface area contributed by atoms with Gasteiger partial charge < -0.3 is 9.84 Å². The fourth-order valence-corrected chi connectivity index (χ4v) is 2.48. The normalized spacial score (nSPS) is 12.6. The maximum absolute atomic E-state index is 12.8. The van der Waals surface area contributed by atoms with Gasteiger partial charge in [-0.05, 0) is 31.6 Å². The Bertz CT molecular complexity index is 1070. The average Bonchev–Trinajstić information content (AvgIpc) is 3.28. The molecule has 152 valence electrons. The summed E-state index contributed by atoms with van der Waals surface area (Å²) in [4.78, 5) is 20.8. The number of nitrogens with zero attached hydrogens (tertiary/aromatic N) is 5. The van der Waals surface area contributed by atoms with Crippen molar-refractivity contribution in [3.05, 3.63) is 53.9 Å². The van der Waals surface area contributed by atoms with E-state index in [0.29, 0.717) is 17.3 Å². The molecule has 0 saturated heterocycles. The molecular weight excluding hydrogens is 389 g/mol. The van der Waals surface area contributed by atoms with E-state index in [1.54, 1.807) is 25.3 Å². The molecule has 1 atom stereocenters. The summed E-state index contributed by atoms with van der Waals surface area (Å²) in [6.07, 6.45) is -3.06. The van der Waals surface area contributed by atoms with Crippen molar-refractivity contribution in [2.45, 2.75) is 26.1 Å². The van der Waals surface area contributed by atoms with Crippen molar-refractivity contribution in [1.29, 1.82) is 0 Å². The quantitative estimate of drug-likeness (QED) is 0.697. The Kier molecular flexibility index (Phi) is 5.23. The van der Waals surface area contributed by atoms with Crippen LogP contribution in [0.3, 0.4) is 0 Å². The molecule has 0 aromatic carbocycles. The summed E-state index contributed by atoms with van der Waals surface area (Å²) in [6, 6.07) is 3.38. The van der Waals surface area contributed by atoms with Crippen LogP contribution in [0.4, 0.5) is 13.2 Å². The van der Waals surface area contributed by atoms with Crippen LogP contribution in [0.15, 0.2) is 35.5 Å². The highest BCUT2D eigenvalue weighted by atomic mass is 19.4. The summed E-state index contributed by atoms with van der Waals surface area (Å²) in [7, 11) is 1.25. The van der Waals surface area contributed by atoms with Gasteiger partial charge in [-0.15, -0.1) is 0 Å². The summed E-state index contributed by atoms with van der Waals surface area (Å²) in [6.45, 7) is 7.21. The largest absolute Gasteiger partial charge is 0.435 e. The highest BCUT2D eigenvalue weighted by Gasteiger charge is 2.35. The zero-order valence-electron chi connectivity index (χ0n) is 15.8. The maximum Gasteiger partial charge on any atom is 0.435 e. The van der Waals surface area contributed by atoms with Crippen LogP contribution >= 0.6 is 0 Å². The molecule has 0 bridgehead atoms. The van der Waals surface area contributed by atoms with E-state index in [0.717, 1.165) is 10.3 Å². The fraction of sp³-hybridized carbons (Fsp3) is 0.278. The Morgan fingerprint density at radius 1 is 1.34 bits per heavy atom. The molecule has 3 rings (SSSR count). The number of amides is 1. The molecule has 8 nitrogen and oxygen atoms in total. The molecule has 3 aromatic rings. The molecule has 0 saturated carbocycles. The van der Waals surface area contributed by atoms with Crippen molar-refractivity contribution in [2.75, 3.05) is 0 Å². The Hall–Kier alpha value is -3.50. The highest BCUT2D eigenvalue weighted by Crippen LogP contribution is 2.28. The first-order valence-corrected chi connectivity index (χ1v) is 8.44. The summed E-state index contributed by atoms with van der Waals surface area (Å²) in [5, 5.41) is 9.72. The third kappa shape index (κ3) is 4.33. The van der Waals surface area contributed by atoms with Gasteiger partial charge in [0.1, 0.15) is 11.7 Å². The van der Waals surface area contributed by atoms with Crippen LogP contribution in [0.5, 0.6) is 0 Å². The van der Waals surface area contributed by atoms with E-state index in [1.807, 2.05) is 6.92 Å². The molecular formula is C18H17F3N6O2. The fourth-order valence-electron chi connectivity index (χ4n) is 2.48. The molecule has 1 amide bonds. The summed E-state index contributed by atoms with van der Waals surface area (Å²) < 4.78 is 44.3. The number of carbonyl (C=O) groups excluding carboxylic acids is 1. The van der Waals surface area contributed by atoms with E-state index >= 15 is 0 Å². The first kappa shape index (κ1) is 20.2. The Morgan fingerprint density at radius 2 is 2.07 bits per heavy atom. The van der Waals surface area contributed by atoms with Gasteiger partial charge in [0.15, 0.2) is 5.69 Å². The standard InChI is InChI=1S/C18H17F3N6O2/c1-9(2)12-7-11(5-6-22-12)15-24-17(29-26-15)10(3)23-16(28)13-8-14(18(19,20)21)25-27(13)4/h5-8,10H,1H2,2-4H3,(H,23,28)/t10-/m0/s1. The molecule has 0 aliphatic carbocycles.